The Morgan fingerprint density at radius 3 is 1.08 bits per heavy atom. The van der Waals surface area contributed by atoms with Crippen LogP contribution in [0.5, 0.6) is 0 Å². The van der Waals surface area contributed by atoms with Crippen LogP contribution in [-0.4, -0.2) is 37.2 Å². The van der Waals surface area contributed by atoms with Gasteiger partial charge in [0.25, 0.3) is 0 Å². The van der Waals surface area contributed by atoms with Crippen molar-refractivity contribution in [2.75, 3.05) is 13.2 Å². The minimum Gasteiger partial charge on any atom is -0.462 e. The second-order valence-electron chi connectivity index (χ2n) is 14.3. The van der Waals surface area contributed by atoms with Gasteiger partial charge in [-0.15, -0.1) is 0 Å². The van der Waals surface area contributed by atoms with E-state index in [4.69, 9.17) is 14.2 Å². The Morgan fingerprint density at radius 2 is 0.694 bits per heavy atom. The summed E-state index contributed by atoms with van der Waals surface area (Å²) in [5.74, 6) is -0.891. The van der Waals surface area contributed by atoms with E-state index in [1.165, 1.54) is 116 Å². The van der Waals surface area contributed by atoms with Gasteiger partial charge in [-0.3, -0.25) is 14.4 Å². The van der Waals surface area contributed by atoms with Crippen molar-refractivity contribution in [3.8, 4) is 0 Å². The number of carbonyl (C=O) groups is 3. The Hall–Kier alpha value is -1.85. The second-order valence-corrected chi connectivity index (χ2v) is 14.3. The van der Waals surface area contributed by atoms with Gasteiger partial charge in [-0.1, -0.05) is 181 Å². The van der Waals surface area contributed by atoms with Gasteiger partial charge in [0.1, 0.15) is 13.2 Å². The second kappa shape index (κ2) is 38.9. The maximum absolute atomic E-state index is 12.6. The molecule has 6 heteroatoms. The lowest BCUT2D eigenvalue weighted by Gasteiger charge is -2.18. The standard InChI is InChI=1S/C43H80O6/c1-4-7-10-13-15-17-19-20-21-22-24-25-27-30-33-36-42(45)48-39-40(38-47-41(44)35-32-29-12-9-6-3)49-43(46)37-34-31-28-26-23-18-16-14-11-8-5-2/h14,16,40H,4-13,15,17-39H2,1-3H3/b16-14-. The van der Waals surface area contributed by atoms with E-state index in [0.29, 0.717) is 19.3 Å². The normalized spacial score (nSPS) is 12.0. The third kappa shape index (κ3) is 37.2. The van der Waals surface area contributed by atoms with E-state index in [1.54, 1.807) is 0 Å². The van der Waals surface area contributed by atoms with Gasteiger partial charge in [-0.05, 0) is 38.5 Å². The van der Waals surface area contributed by atoms with E-state index in [-0.39, 0.29) is 31.1 Å². The summed E-state index contributed by atoms with van der Waals surface area (Å²) in [7, 11) is 0. The Bertz CT molecular complexity index is 763. The molecule has 1 atom stereocenters. The molecule has 0 aliphatic rings. The molecule has 0 saturated heterocycles. The first-order chi connectivity index (χ1) is 24.0. The number of ether oxygens (including phenoxy) is 3. The summed E-state index contributed by atoms with van der Waals surface area (Å²) < 4.78 is 16.5. The Balaban J connectivity index is 4.21. The van der Waals surface area contributed by atoms with Crippen LogP contribution in [0.15, 0.2) is 12.2 Å². The molecule has 0 fully saturated rings. The summed E-state index contributed by atoms with van der Waals surface area (Å²) in [6.07, 6.45) is 39.4. The SMILES string of the molecule is CCCC/C=C\CCCCCCCC(=O)OC(COC(=O)CCCCCCC)COC(=O)CCCCCCCCCCCCCCCCC. The first-order valence-corrected chi connectivity index (χ1v) is 21.2. The van der Waals surface area contributed by atoms with Crippen molar-refractivity contribution in [3.05, 3.63) is 12.2 Å². The Kier molecular flexibility index (Phi) is 37.5. The molecule has 0 aliphatic heterocycles. The summed E-state index contributed by atoms with van der Waals surface area (Å²) in [5, 5.41) is 0. The van der Waals surface area contributed by atoms with Crippen molar-refractivity contribution in [1.82, 2.24) is 0 Å². The molecule has 49 heavy (non-hydrogen) atoms. The maximum Gasteiger partial charge on any atom is 0.306 e. The zero-order chi connectivity index (χ0) is 35.9. The number of carbonyl (C=O) groups excluding carboxylic acids is 3. The minimum absolute atomic E-state index is 0.0706. The smallest absolute Gasteiger partial charge is 0.306 e. The third-order valence-corrected chi connectivity index (χ3v) is 9.27. The Morgan fingerprint density at radius 1 is 0.388 bits per heavy atom. The molecule has 0 aromatic heterocycles. The monoisotopic (exact) mass is 693 g/mol. The molecule has 0 aliphatic carbocycles. The van der Waals surface area contributed by atoms with Crippen molar-refractivity contribution in [2.45, 2.75) is 232 Å². The minimum atomic E-state index is -0.763. The van der Waals surface area contributed by atoms with Crippen molar-refractivity contribution in [3.63, 3.8) is 0 Å². The fourth-order valence-electron chi connectivity index (χ4n) is 6.01. The van der Waals surface area contributed by atoms with Gasteiger partial charge in [0, 0.05) is 19.3 Å². The third-order valence-electron chi connectivity index (χ3n) is 9.27. The summed E-state index contributed by atoms with van der Waals surface area (Å²) in [6, 6.07) is 0. The fraction of sp³-hybridized carbons (Fsp3) is 0.884. The maximum atomic E-state index is 12.6. The summed E-state index contributed by atoms with van der Waals surface area (Å²) in [6.45, 7) is 6.51. The first kappa shape index (κ1) is 47.1. The molecule has 0 radical (unpaired) electrons. The van der Waals surface area contributed by atoms with Gasteiger partial charge in [-0.25, -0.2) is 0 Å². The van der Waals surface area contributed by atoms with E-state index in [0.717, 1.165) is 70.6 Å². The van der Waals surface area contributed by atoms with Gasteiger partial charge in [-0.2, -0.15) is 0 Å². The highest BCUT2D eigenvalue weighted by molar-refractivity contribution is 5.71. The zero-order valence-electron chi connectivity index (χ0n) is 32.7. The van der Waals surface area contributed by atoms with Crippen molar-refractivity contribution in [1.29, 1.82) is 0 Å². The van der Waals surface area contributed by atoms with Gasteiger partial charge in [0.05, 0.1) is 0 Å². The zero-order valence-corrected chi connectivity index (χ0v) is 32.7. The molecule has 0 N–H and O–H groups in total. The lowest BCUT2D eigenvalue weighted by atomic mass is 10.0. The van der Waals surface area contributed by atoms with Crippen LogP contribution >= 0.6 is 0 Å². The predicted octanol–water partition coefficient (Wildman–Crippen LogP) is 13.1. The highest BCUT2D eigenvalue weighted by Gasteiger charge is 2.19. The molecule has 1 unspecified atom stereocenters. The van der Waals surface area contributed by atoms with Crippen LogP contribution in [-0.2, 0) is 28.6 Å². The molecule has 0 aromatic rings. The molecule has 0 saturated carbocycles. The number of allylic oxidation sites excluding steroid dienone is 2. The van der Waals surface area contributed by atoms with E-state index < -0.39 is 6.10 Å². The summed E-state index contributed by atoms with van der Waals surface area (Å²) in [4.78, 5) is 37.3. The van der Waals surface area contributed by atoms with E-state index in [1.807, 2.05) is 0 Å². The lowest BCUT2D eigenvalue weighted by molar-refractivity contribution is -0.167. The van der Waals surface area contributed by atoms with Gasteiger partial charge in [0.2, 0.25) is 0 Å². The van der Waals surface area contributed by atoms with E-state index >= 15 is 0 Å². The molecule has 288 valence electrons. The number of rotatable bonds is 38. The predicted molar refractivity (Wildman–Crippen MR) is 206 cm³/mol. The topological polar surface area (TPSA) is 78.9 Å². The lowest BCUT2D eigenvalue weighted by Crippen LogP contribution is -2.30. The van der Waals surface area contributed by atoms with Crippen molar-refractivity contribution in [2.24, 2.45) is 0 Å². The van der Waals surface area contributed by atoms with Crippen molar-refractivity contribution < 1.29 is 28.6 Å². The van der Waals surface area contributed by atoms with Crippen molar-refractivity contribution >= 4 is 17.9 Å². The number of hydrogen-bond donors (Lipinski definition) is 0. The largest absolute Gasteiger partial charge is 0.462 e. The highest BCUT2D eigenvalue weighted by atomic mass is 16.6. The van der Waals surface area contributed by atoms with Crippen LogP contribution in [0.1, 0.15) is 226 Å². The van der Waals surface area contributed by atoms with E-state index in [9.17, 15) is 14.4 Å². The molecule has 0 heterocycles. The van der Waals surface area contributed by atoms with Crippen LogP contribution in [0.2, 0.25) is 0 Å². The van der Waals surface area contributed by atoms with Gasteiger partial charge >= 0.3 is 17.9 Å². The van der Waals surface area contributed by atoms with Gasteiger partial charge < -0.3 is 14.2 Å². The van der Waals surface area contributed by atoms with Crippen LogP contribution in [0.4, 0.5) is 0 Å². The molecule has 0 rings (SSSR count). The Labute approximate surface area is 303 Å². The molecule has 0 bridgehead atoms. The van der Waals surface area contributed by atoms with Crippen LogP contribution in [0, 0.1) is 0 Å². The molecule has 0 aromatic carbocycles. The molecular formula is C43H80O6. The summed E-state index contributed by atoms with van der Waals surface area (Å²) >= 11 is 0. The van der Waals surface area contributed by atoms with Crippen LogP contribution < -0.4 is 0 Å². The molecule has 6 nitrogen and oxygen atoms in total. The number of esters is 3. The average molecular weight is 693 g/mol. The highest BCUT2D eigenvalue weighted by Crippen LogP contribution is 2.15. The van der Waals surface area contributed by atoms with Crippen LogP contribution in [0.3, 0.4) is 0 Å². The van der Waals surface area contributed by atoms with Crippen LogP contribution in [0.25, 0.3) is 0 Å². The number of hydrogen-bond acceptors (Lipinski definition) is 6. The number of unbranched alkanes of at least 4 members (excludes halogenated alkanes) is 25. The quantitative estimate of drug-likeness (QED) is 0.0277. The van der Waals surface area contributed by atoms with Gasteiger partial charge in [0.15, 0.2) is 6.10 Å². The first-order valence-electron chi connectivity index (χ1n) is 21.2. The molecular weight excluding hydrogens is 612 g/mol. The molecule has 0 spiro atoms. The fourth-order valence-corrected chi connectivity index (χ4v) is 6.01. The molecule has 0 amide bonds. The average Bonchev–Trinajstić information content (AvgIpc) is 3.09. The van der Waals surface area contributed by atoms with E-state index in [2.05, 4.69) is 32.9 Å². The summed E-state index contributed by atoms with van der Waals surface area (Å²) in [5.41, 5.74) is 0.